The fraction of sp³-hybridized carbons (Fsp3) is 0.323. The highest BCUT2D eigenvalue weighted by molar-refractivity contribution is 5.76. The van der Waals surface area contributed by atoms with Crippen LogP contribution in [0.4, 0.5) is 0 Å². The molecule has 0 aliphatic rings. The number of carbonyl (C=O) groups is 6. The molecule has 0 spiro atoms. The van der Waals surface area contributed by atoms with E-state index < -0.39 is 0 Å². The lowest BCUT2D eigenvalue weighted by atomic mass is 10.1. The third kappa shape index (κ3) is 20.9. The quantitative estimate of drug-likeness (QED) is 0.0228. The van der Waals surface area contributed by atoms with Gasteiger partial charge in [-0.2, -0.15) is 0 Å². The number of hydrogen-bond donors (Lipinski definition) is 0. The highest BCUT2D eigenvalue weighted by Gasteiger charge is 2.13. The number of methoxy groups -OCH3 is 2. The number of hydrogen-bond acceptors (Lipinski definition) is 14. The van der Waals surface area contributed by atoms with Crippen LogP contribution in [-0.2, 0) is 28.8 Å². The number of esters is 6. The fourth-order valence-electron chi connectivity index (χ4n) is 7.96. The molecule has 0 saturated carbocycles. The molecule has 76 heavy (non-hydrogen) atoms. The number of carbonyl (C=O) groups excluding carboxylic acids is 6. The summed E-state index contributed by atoms with van der Waals surface area (Å²) in [5.74, 6) is 2.03. The molecule has 0 bridgehead atoms. The van der Waals surface area contributed by atoms with Gasteiger partial charge < -0.3 is 37.9 Å². The van der Waals surface area contributed by atoms with E-state index in [1.165, 1.54) is 0 Å². The number of benzene rings is 6. The Morgan fingerprint density at radius 2 is 0.447 bits per heavy atom. The zero-order valence-electron chi connectivity index (χ0n) is 43.3. The number of unbranched alkanes of at least 4 members (excludes halogenated alkanes) is 9. The van der Waals surface area contributed by atoms with Gasteiger partial charge in [0.15, 0.2) is 0 Å². The van der Waals surface area contributed by atoms with E-state index in [4.69, 9.17) is 37.9 Å². The van der Waals surface area contributed by atoms with Crippen LogP contribution < -0.4 is 37.9 Å². The molecule has 0 aliphatic carbocycles. The van der Waals surface area contributed by atoms with Crippen LogP contribution in [0.3, 0.4) is 0 Å². The zero-order valence-corrected chi connectivity index (χ0v) is 43.3. The predicted molar refractivity (Wildman–Crippen MR) is 287 cm³/mol. The number of ether oxygens (including phenoxy) is 8. The van der Waals surface area contributed by atoms with E-state index >= 15 is 0 Å². The van der Waals surface area contributed by atoms with Gasteiger partial charge in [-0.3, -0.25) is 28.8 Å². The second-order valence-electron chi connectivity index (χ2n) is 18.0. The van der Waals surface area contributed by atoms with Crippen molar-refractivity contribution in [3.05, 3.63) is 146 Å². The van der Waals surface area contributed by atoms with E-state index in [2.05, 4.69) is 0 Å². The van der Waals surface area contributed by atoms with E-state index in [-0.39, 0.29) is 61.5 Å². The summed E-state index contributed by atoms with van der Waals surface area (Å²) >= 11 is 0. The van der Waals surface area contributed by atoms with Gasteiger partial charge >= 0.3 is 35.8 Å². The third-order valence-corrected chi connectivity index (χ3v) is 12.1. The number of rotatable bonds is 31. The molecule has 6 rings (SSSR count). The summed E-state index contributed by atoms with van der Waals surface area (Å²) < 4.78 is 43.1. The van der Waals surface area contributed by atoms with Gasteiger partial charge in [-0.1, -0.05) is 99.2 Å². The molecule has 398 valence electrons. The Balaban J connectivity index is 0.762. The fourth-order valence-corrected chi connectivity index (χ4v) is 7.96. The van der Waals surface area contributed by atoms with Gasteiger partial charge in [0.2, 0.25) is 0 Å². The van der Waals surface area contributed by atoms with Crippen LogP contribution in [0.25, 0.3) is 22.3 Å². The first-order chi connectivity index (χ1) is 37.0. The summed E-state index contributed by atoms with van der Waals surface area (Å²) in [7, 11) is 3.11. The van der Waals surface area contributed by atoms with Crippen molar-refractivity contribution in [2.45, 2.75) is 116 Å². The maximum Gasteiger partial charge on any atom is 0.311 e. The lowest BCUT2D eigenvalue weighted by Crippen LogP contribution is -2.08. The molecule has 0 aromatic heterocycles. The molecule has 6 aromatic carbocycles. The SMILES string of the molecule is COc1cccc(OC(=O)CCCCCCC(=O)Oc2ccc(-c3ccc(OC(=O)CCCCCCC(=O)Oc4ccc(-c5ccc(OC(=O)CCCCCCC(=O)Oc6cccc(OC)c6)cc5)cc4)cc3)cc2)c1. The van der Waals surface area contributed by atoms with Crippen molar-refractivity contribution < 1.29 is 66.7 Å². The van der Waals surface area contributed by atoms with Crippen LogP contribution in [-0.4, -0.2) is 50.0 Å². The van der Waals surface area contributed by atoms with Gasteiger partial charge in [-0.25, -0.2) is 0 Å². The van der Waals surface area contributed by atoms with Crippen LogP contribution >= 0.6 is 0 Å². The Labute approximate surface area is 444 Å². The van der Waals surface area contributed by atoms with Crippen LogP contribution in [0.2, 0.25) is 0 Å². The van der Waals surface area contributed by atoms with Gasteiger partial charge in [0, 0.05) is 50.7 Å². The minimum Gasteiger partial charge on any atom is -0.497 e. The maximum atomic E-state index is 12.5. The molecule has 0 radical (unpaired) electrons. The van der Waals surface area contributed by atoms with Crippen molar-refractivity contribution >= 4 is 35.8 Å². The molecule has 0 aliphatic heterocycles. The molecule has 14 nitrogen and oxygen atoms in total. The Kier molecular flexibility index (Phi) is 23.6. The van der Waals surface area contributed by atoms with E-state index in [0.29, 0.717) is 97.4 Å². The van der Waals surface area contributed by atoms with Crippen molar-refractivity contribution in [2.24, 2.45) is 0 Å². The lowest BCUT2D eigenvalue weighted by Gasteiger charge is -2.08. The molecule has 0 heterocycles. The standard InChI is InChI=1S/C62H66O14/c1-69-53-17-15-19-55(43-53)75-61(67)25-13-7-5-11-23-59(65)73-51-39-31-47(32-40-51)45-27-35-49(36-28-45)71-57(63)21-9-3-4-10-22-58(64)72-50-37-29-46(30-38-50)48-33-41-52(42-34-48)74-60(66)24-12-6-8-14-26-62(68)76-56-20-16-18-54(44-56)70-2/h15-20,27-44H,3-14,21-26H2,1-2H3. The molecule has 0 saturated heterocycles. The third-order valence-electron chi connectivity index (χ3n) is 12.1. The van der Waals surface area contributed by atoms with Gasteiger partial charge in [0.05, 0.1) is 14.2 Å². The van der Waals surface area contributed by atoms with Crippen molar-refractivity contribution in [1.82, 2.24) is 0 Å². The summed E-state index contributed by atoms with van der Waals surface area (Å²) in [6, 6.07) is 42.6. The second-order valence-corrected chi connectivity index (χ2v) is 18.0. The molecule has 0 amide bonds. The summed E-state index contributed by atoms with van der Waals surface area (Å²) in [4.78, 5) is 74.2. The van der Waals surface area contributed by atoms with Crippen molar-refractivity contribution in [3.8, 4) is 68.2 Å². The largest absolute Gasteiger partial charge is 0.497 e. The molecular formula is C62H66O14. The van der Waals surface area contributed by atoms with E-state index in [0.717, 1.165) is 60.8 Å². The smallest absolute Gasteiger partial charge is 0.311 e. The van der Waals surface area contributed by atoms with Gasteiger partial charge in [0.25, 0.3) is 0 Å². The normalized spacial score (nSPS) is 10.7. The predicted octanol–water partition coefficient (Wildman–Crippen LogP) is 13.6. The Morgan fingerprint density at radius 3 is 0.658 bits per heavy atom. The van der Waals surface area contributed by atoms with Crippen LogP contribution in [0.1, 0.15) is 116 Å². The van der Waals surface area contributed by atoms with Crippen LogP contribution in [0, 0.1) is 0 Å². The monoisotopic (exact) mass is 1030 g/mol. The first-order valence-electron chi connectivity index (χ1n) is 25.9. The van der Waals surface area contributed by atoms with Crippen LogP contribution in [0.5, 0.6) is 46.0 Å². The summed E-state index contributed by atoms with van der Waals surface area (Å²) in [6.07, 6.45) is 10.3. The van der Waals surface area contributed by atoms with Crippen molar-refractivity contribution in [1.29, 1.82) is 0 Å². The van der Waals surface area contributed by atoms with Gasteiger partial charge in [0.1, 0.15) is 46.0 Å². The molecule has 0 fully saturated rings. The first kappa shape index (κ1) is 57.0. The average molecular weight is 1040 g/mol. The summed E-state index contributed by atoms with van der Waals surface area (Å²) in [5.41, 5.74) is 3.64. The van der Waals surface area contributed by atoms with Gasteiger partial charge in [-0.15, -0.1) is 0 Å². The van der Waals surface area contributed by atoms with E-state index in [9.17, 15) is 28.8 Å². The second kappa shape index (κ2) is 31.5. The Bertz CT molecular complexity index is 2590. The van der Waals surface area contributed by atoms with E-state index in [1.54, 1.807) is 111 Å². The highest BCUT2D eigenvalue weighted by Crippen LogP contribution is 2.28. The maximum absolute atomic E-state index is 12.5. The molecule has 14 heteroatoms. The topological polar surface area (TPSA) is 176 Å². The minimum atomic E-state index is -0.328. The Morgan fingerprint density at radius 1 is 0.250 bits per heavy atom. The summed E-state index contributed by atoms with van der Waals surface area (Å²) in [5, 5.41) is 0. The molecule has 0 unspecified atom stereocenters. The highest BCUT2D eigenvalue weighted by atomic mass is 16.6. The first-order valence-corrected chi connectivity index (χ1v) is 25.9. The van der Waals surface area contributed by atoms with Gasteiger partial charge in [-0.05, 0) is 134 Å². The minimum absolute atomic E-state index is 0.256. The molecule has 6 aromatic rings. The van der Waals surface area contributed by atoms with Crippen LogP contribution in [0.15, 0.2) is 146 Å². The average Bonchev–Trinajstić information content (AvgIpc) is 3.43. The van der Waals surface area contributed by atoms with Crippen molar-refractivity contribution in [3.63, 3.8) is 0 Å². The Hall–Kier alpha value is -8.26. The molecule has 0 atom stereocenters. The van der Waals surface area contributed by atoms with E-state index in [1.807, 2.05) is 48.5 Å². The lowest BCUT2D eigenvalue weighted by molar-refractivity contribution is -0.135. The molecular weight excluding hydrogens is 969 g/mol. The zero-order chi connectivity index (χ0) is 53.7. The summed E-state index contributed by atoms with van der Waals surface area (Å²) in [6.45, 7) is 0. The molecule has 0 N–H and O–H groups in total. The van der Waals surface area contributed by atoms with Crippen molar-refractivity contribution in [2.75, 3.05) is 14.2 Å².